The fourth-order valence-corrected chi connectivity index (χ4v) is 5.56. The first-order valence-electron chi connectivity index (χ1n) is 12.0. The van der Waals surface area contributed by atoms with E-state index in [9.17, 15) is 42.7 Å². The van der Waals surface area contributed by atoms with E-state index in [-0.39, 0.29) is 35.5 Å². The molecule has 6 N–H and O–H groups in total. The van der Waals surface area contributed by atoms with Crippen molar-refractivity contribution >= 4 is 63.7 Å². The third-order valence-corrected chi connectivity index (χ3v) is 7.65. The molecule has 1 unspecified atom stereocenters. The number of nitrogens with two attached hydrogens (primary N) is 1. The minimum absolute atomic E-state index is 0.0447. The number of carbonyl (C=O) groups excluding carboxylic acids is 3. The number of hydrogen-bond donors (Lipinski definition) is 5. The lowest BCUT2D eigenvalue weighted by Crippen LogP contribution is -2.71. The molecule has 2 amide bonds. The molecule has 1 saturated heterocycles. The molecule has 0 spiro atoms. The van der Waals surface area contributed by atoms with E-state index in [1.165, 1.54) is 29.3 Å². The van der Waals surface area contributed by atoms with Crippen molar-refractivity contribution in [2.45, 2.75) is 24.5 Å². The van der Waals surface area contributed by atoms with Gasteiger partial charge in [-0.15, -0.1) is 23.1 Å². The molecule has 4 rings (SSSR count). The summed E-state index contributed by atoms with van der Waals surface area (Å²) in [6, 6.07) is 5.14. The van der Waals surface area contributed by atoms with Crippen LogP contribution in [0.5, 0.6) is 5.75 Å². The van der Waals surface area contributed by atoms with Gasteiger partial charge in [0.05, 0.1) is 12.2 Å². The highest BCUT2D eigenvalue weighted by Crippen LogP contribution is 2.40. The van der Waals surface area contributed by atoms with Crippen LogP contribution in [0, 0.1) is 0 Å². The molecule has 0 saturated carbocycles. The lowest BCUT2D eigenvalue weighted by Gasteiger charge is -2.49. The van der Waals surface area contributed by atoms with Crippen molar-refractivity contribution in [3.05, 3.63) is 52.2 Å². The number of aromatic nitrogens is 1. The molecule has 0 bridgehead atoms. The van der Waals surface area contributed by atoms with Crippen LogP contribution in [0.1, 0.15) is 23.0 Å². The summed E-state index contributed by atoms with van der Waals surface area (Å²) in [4.78, 5) is 63.2. The molecule has 236 valence electrons. The van der Waals surface area contributed by atoms with Crippen LogP contribution < -0.4 is 15.8 Å². The number of esters is 1. The number of carboxylic acids is 2. The summed E-state index contributed by atoms with van der Waals surface area (Å²) in [5.74, 6) is -5.39. The van der Waals surface area contributed by atoms with Gasteiger partial charge >= 0.3 is 24.1 Å². The van der Waals surface area contributed by atoms with Crippen LogP contribution in [0.25, 0.3) is 0 Å². The minimum atomic E-state index is -5.08. The number of thioether (sulfide) groups is 1. The fraction of sp³-hybridized carbons (Fsp3) is 0.292. The Morgan fingerprint density at radius 1 is 1.20 bits per heavy atom. The molecule has 2 aliphatic rings. The lowest BCUT2D eigenvalue weighted by molar-refractivity contribution is -0.192. The molecular weight excluding hydrogens is 639 g/mol. The summed E-state index contributed by atoms with van der Waals surface area (Å²) in [6.45, 7) is 1.85. The van der Waals surface area contributed by atoms with Crippen LogP contribution >= 0.6 is 23.1 Å². The molecule has 44 heavy (non-hydrogen) atoms. The Kier molecular flexibility index (Phi) is 10.8. The van der Waals surface area contributed by atoms with E-state index in [4.69, 9.17) is 25.1 Å². The number of rotatable bonds is 9. The van der Waals surface area contributed by atoms with E-state index in [1.54, 1.807) is 19.1 Å². The number of β-lactam (4-membered cyclic amide) rings is 1. The van der Waals surface area contributed by atoms with Crippen molar-refractivity contribution in [3.63, 3.8) is 0 Å². The Bertz CT molecular complexity index is 1510. The number of thiazole rings is 1. The van der Waals surface area contributed by atoms with Gasteiger partial charge in [-0.1, -0.05) is 5.16 Å². The summed E-state index contributed by atoms with van der Waals surface area (Å²) < 4.78 is 42.4. The van der Waals surface area contributed by atoms with E-state index in [1.807, 2.05) is 0 Å². The molecule has 2 atom stereocenters. The zero-order valence-electron chi connectivity index (χ0n) is 22.2. The van der Waals surface area contributed by atoms with Crippen LogP contribution in [-0.4, -0.2) is 97.3 Å². The van der Waals surface area contributed by atoms with Gasteiger partial charge in [0.15, 0.2) is 10.8 Å². The predicted octanol–water partition coefficient (Wildman–Crippen LogP) is 1.53. The summed E-state index contributed by atoms with van der Waals surface area (Å²) >= 11 is 2.30. The third-order valence-electron chi connectivity index (χ3n) is 5.64. The van der Waals surface area contributed by atoms with Crippen molar-refractivity contribution in [3.8, 4) is 5.75 Å². The highest BCUT2D eigenvalue weighted by atomic mass is 32.2. The molecule has 1 fully saturated rings. The van der Waals surface area contributed by atoms with Gasteiger partial charge in [-0.05, 0) is 31.2 Å². The minimum Gasteiger partial charge on any atom is -0.489 e. The largest absolute Gasteiger partial charge is 0.490 e. The van der Waals surface area contributed by atoms with Crippen LogP contribution in [0.15, 0.2) is 46.1 Å². The van der Waals surface area contributed by atoms with E-state index >= 15 is 0 Å². The van der Waals surface area contributed by atoms with Crippen LogP contribution in [-0.2, 0) is 23.9 Å². The van der Waals surface area contributed by atoms with Gasteiger partial charge in [-0.3, -0.25) is 14.5 Å². The van der Waals surface area contributed by atoms with Gasteiger partial charge in [0, 0.05) is 16.7 Å². The number of fused-ring (bicyclic) bond motifs is 1. The first kappa shape index (κ1) is 33.6. The second-order valence-corrected chi connectivity index (χ2v) is 10.5. The number of nitrogen functional groups attached to an aromatic ring is 1. The number of halogens is 3. The number of anilines is 1. The number of nitrogens with one attached hydrogen (secondary N) is 1. The topological polar surface area (TPSA) is 231 Å². The standard InChI is InChI=1S/C22H21N5O8S2.C2HF3O2/c1-2-34-21(32)10-3-5-12(6-4-10)35-7-11-8-36-19-15(18(29)27(19)16(11)20(30)31)25-17(28)14(26-33)13-9-37-22(23)24-13;3-2(4,5)1(6)7/h3-6,9,15,19,33H,2,7-8H2,1H3,(H2,23,24)(H,25,28)(H,30,31);(H,6,7)/b26-14-;/t15?,19-;/m1./s1. The number of carboxylic acid groups (broad SMARTS) is 2. The van der Waals surface area contributed by atoms with Gasteiger partial charge in [0.25, 0.3) is 11.8 Å². The maximum atomic E-state index is 12.9. The molecule has 3 heterocycles. The Hall–Kier alpha value is -4.85. The zero-order chi connectivity index (χ0) is 32.8. The second-order valence-electron chi connectivity index (χ2n) is 8.47. The van der Waals surface area contributed by atoms with Crippen LogP contribution in [0.2, 0.25) is 0 Å². The van der Waals surface area contributed by atoms with Crippen molar-refractivity contribution in [2.75, 3.05) is 24.7 Å². The van der Waals surface area contributed by atoms with Crippen molar-refractivity contribution in [2.24, 2.45) is 5.16 Å². The lowest BCUT2D eigenvalue weighted by atomic mass is 10.0. The molecule has 0 aliphatic carbocycles. The zero-order valence-corrected chi connectivity index (χ0v) is 23.9. The predicted molar refractivity (Wildman–Crippen MR) is 146 cm³/mol. The van der Waals surface area contributed by atoms with Crippen molar-refractivity contribution < 1.29 is 62.0 Å². The molecule has 1 aromatic heterocycles. The van der Waals surface area contributed by atoms with Gasteiger partial charge < -0.3 is 35.9 Å². The number of nitrogens with zero attached hydrogens (tertiary/aromatic N) is 3. The van der Waals surface area contributed by atoms with Gasteiger partial charge in [-0.25, -0.2) is 19.4 Å². The van der Waals surface area contributed by atoms with E-state index < -0.39 is 53.0 Å². The molecule has 15 nitrogen and oxygen atoms in total. The summed E-state index contributed by atoms with van der Waals surface area (Å²) in [7, 11) is 0. The van der Waals surface area contributed by atoms with Gasteiger partial charge in [0.2, 0.25) is 0 Å². The second kappa shape index (κ2) is 14.1. The molecule has 20 heteroatoms. The number of ether oxygens (including phenoxy) is 2. The van der Waals surface area contributed by atoms with Crippen molar-refractivity contribution in [1.29, 1.82) is 0 Å². The Balaban J connectivity index is 0.000000676. The van der Waals surface area contributed by atoms with Gasteiger partial charge in [0.1, 0.15) is 35.2 Å². The summed E-state index contributed by atoms with van der Waals surface area (Å²) in [5, 5.41) is 32.6. The smallest absolute Gasteiger partial charge is 0.489 e. The number of aliphatic carboxylic acids is 2. The Labute approximate surface area is 253 Å². The van der Waals surface area contributed by atoms with E-state index in [2.05, 4.69) is 15.5 Å². The fourth-order valence-electron chi connectivity index (χ4n) is 3.69. The molecule has 0 radical (unpaired) electrons. The highest BCUT2D eigenvalue weighted by molar-refractivity contribution is 8.00. The maximum absolute atomic E-state index is 12.9. The maximum Gasteiger partial charge on any atom is 0.490 e. The first-order valence-corrected chi connectivity index (χ1v) is 14.0. The SMILES string of the molecule is CCOC(=O)c1ccc(OCC2=C(C(=O)O)N3C(=O)C(NC(=O)/C(=N\O)c4csc(N)n4)[C@H]3SC2)cc1.O=C(O)C(F)(F)F. The van der Waals surface area contributed by atoms with Crippen LogP contribution in [0.3, 0.4) is 0 Å². The number of alkyl halides is 3. The van der Waals surface area contributed by atoms with Crippen molar-refractivity contribution in [1.82, 2.24) is 15.2 Å². The average Bonchev–Trinajstić information content (AvgIpc) is 3.40. The number of amides is 2. The van der Waals surface area contributed by atoms with Gasteiger partial charge in [-0.2, -0.15) is 13.2 Å². The van der Waals surface area contributed by atoms with Crippen LogP contribution in [0.4, 0.5) is 18.3 Å². The molecule has 2 aliphatic heterocycles. The number of oxime groups is 1. The number of hydrogen-bond acceptors (Lipinski definition) is 13. The Morgan fingerprint density at radius 2 is 1.84 bits per heavy atom. The number of benzene rings is 1. The summed E-state index contributed by atoms with van der Waals surface area (Å²) in [6.07, 6.45) is -5.08. The Morgan fingerprint density at radius 3 is 2.34 bits per heavy atom. The highest BCUT2D eigenvalue weighted by Gasteiger charge is 2.54. The molecule has 1 aromatic carbocycles. The monoisotopic (exact) mass is 661 g/mol. The first-order chi connectivity index (χ1) is 20.7. The molecule has 2 aromatic rings. The summed E-state index contributed by atoms with van der Waals surface area (Å²) in [5.41, 5.74) is 5.68. The number of carbonyl (C=O) groups is 5. The quantitative estimate of drug-likeness (QED) is 0.0845. The average molecular weight is 662 g/mol. The molecular formula is C24H22F3N5O10S2. The third kappa shape index (κ3) is 7.75. The van der Waals surface area contributed by atoms with E-state index in [0.717, 1.165) is 16.2 Å². The van der Waals surface area contributed by atoms with E-state index in [0.29, 0.717) is 16.9 Å². The normalized spacial score (nSPS) is 17.9.